The number of ether oxygens (including phenoxy) is 1. The minimum atomic E-state index is -0.422. The molecule has 4 nitrogen and oxygen atoms in total. The fraction of sp³-hybridized carbons (Fsp3) is 0.400. The Labute approximate surface area is 158 Å². The SMILES string of the molecule is O[C@@H](COc1ccc(Br)cc1)C[NH+]1CC[NH+](Cc2ccccc2)CC1. The van der Waals surface area contributed by atoms with Crippen molar-refractivity contribution in [2.24, 2.45) is 0 Å². The van der Waals surface area contributed by atoms with Crippen molar-refractivity contribution >= 4 is 15.9 Å². The Bertz CT molecular complexity index is 628. The Morgan fingerprint density at radius 1 is 0.920 bits per heavy atom. The Hall–Kier alpha value is -1.40. The molecule has 0 bridgehead atoms. The zero-order valence-corrected chi connectivity index (χ0v) is 16.0. The molecule has 0 aliphatic carbocycles. The molecular weight excluding hydrogens is 380 g/mol. The fourth-order valence-corrected chi connectivity index (χ4v) is 3.60. The van der Waals surface area contributed by atoms with Crippen LogP contribution in [0.15, 0.2) is 59.1 Å². The van der Waals surface area contributed by atoms with Gasteiger partial charge < -0.3 is 19.6 Å². The average Bonchev–Trinajstić information content (AvgIpc) is 2.64. The molecule has 0 radical (unpaired) electrons. The van der Waals surface area contributed by atoms with E-state index in [4.69, 9.17) is 4.74 Å². The summed E-state index contributed by atoms with van der Waals surface area (Å²) in [5.41, 5.74) is 1.41. The third kappa shape index (κ3) is 6.12. The van der Waals surface area contributed by atoms with E-state index in [0.29, 0.717) is 6.61 Å². The van der Waals surface area contributed by atoms with Gasteiger partial charge in [-0.15, -0.1) is 0 Å². The third-order valence-electron chi connectivity index (χ3n) is 4.74. The van der Waals surface area contributed by atoms with Crippen LogP contribution < -0.4 is 14.5 Å². The van der Waals surface area contributed by atoms with E-state index in [1.165, 1.54) is 10.5 Å². The summed E-state index contributed by atoms with van der Waals surface area (Å²) in [4.78, 5) is 3.11. The van der Waals surface area contributed by atoms with E-state index in [2.05, 4.69) is 46.3 Å². The largest absolute Gasteiger partial charge is 0.491 e. The summed E-state index contributed by atoms with van der Waals surface area (Å²) < 4.78 is 6.70. The molecule has 1 fully saturated rings. The van der Waals surface area contributed by atoms with Gasteiger partial charge in [0.2, 0.25) is 0 Å². The molecular formula is C20H27BrN2O2+2. The molecule has 1 aliphatic rings. The van der Waals surface area contributed by atoms with E-state index < -0.39 is 6.10 Å². The number of quaternary nitrogens is 2. The lowest BCUT2D eigenvalue weighted by Crippen LogP contribution is -3.28. The number of halogens is 1. The molecule has 5 heteroatoms. The first kappa shape index (κ1) is 18.4. The maximum atomic E-state index is 10.3. The van der Waals surface area contributed by atoms with Gasteiger partial charge in [0.05, 0.1) is 0 Å². The number of aliphatic hydroxyl groups excluding tert-OH is 1. The predicted molar refractivity (Wildman–Crippen MR) is 102 cm³/mol. The van der Waals surface area contributed by atoms with Crippen LogP contribution in [0.4, 0.5) is 0 Å². The first-order valence-corrected chi connectivity index (χ1v) is 9.76. The second kappa shape index (κ2) is 9.34. The number of nitrogens with one attached hydrogen (secondary N) is 2. The number of benzene rings is 2. The number of aliphatic hydroxyl groups is 1. The van der Waals surface area contributed by atoms with Gasteiger partial charge in [-0.05, 0) is 24.3 Å². The predicted octanol–water partition coefficient (Wildman–Crippen LogP) is 0.172. The summed E-state index contributed by atoms with van der Waals surface area (Å²) in [6.45, 7) is 6.74. The zero-order valence-electron chi connectivity index (χ0n) is 14.5. The topological polar surface area (TPSA) is 38.3 Å². The minimum absolute atomic E-state index is 0.353. The van der Waals surface area contributed by atoms with E-state index in [1.807, 2.05) is 24.3 Å². The minimum Gasteiger partial charge on any atom is -0.491 e. The van der Waals surface area contributed by atoms with Crippen LogP contribution in [0.25, 0.3) is 0 Å². The number of piperazine rings is 1. The van der Waals surface area contributed by atoms with Crippen LogP contribution in [0.5, 0.6) is 5.75 Å². The highest BCUT2D eigenvalue weighted by Gasteiger charge is 2.25. The summed E-state index contributed by atoms with van der Waals surface area (Å²) in [6.07, 6.45) is -0.422. The lowest BCUT2D eigenvalue weighted by atomic mass is 10.2. The van der Waals surface area contributed by atoms with E-state index >= 15 is 0 Å². The molecule has 1 aliphatic heterocycles. The quantitative estimate of drug-likeness (QED) is 0.613. The number of hydrogen-bond acceptors (Lipinski definition) is 2. The van der Waals surface area contributed by atoms with Gasteiger partial charge in [0.1, 0.15) is 57.7 Å². The molecule has 25 heavy (non-hydrogen) atoms. The Morgan fingerprint density at radius 2 is 1.56 bits per heavy atom. The van der Waals surface area contributed by atoms with Gasteiger partial charge in [-0.25, -0.2) is 0 Å². The standard InChI is InChI=1S/C20H25BrN2O2/c21-18-6-8-20(9-7-18)25-16-19(24)15-23-12-10-22(11-13-23)14-17-4-2-1-3-5-17/h1-9,19,24H,10-16H2/p+2/t19-/m1/s1. The highest BCUT2D eigenvalue weighted by atomic mass is 79.9. The van der Waals surface area contributed by atoms with E-state index in [-0.39, 0.29) is 0 Å². The van der Waals surface area contributed by atoms with Crippen LogP contribution in [0.3, 0.4) is 0 Å². The van der Waals surface area contributed by atoms with Gasteiger partial charge in [0.15, 0.2) is 0 Å². The molecule has 3 rings (SSSR count). The van der Waals surface area contributed by atoms with Crippen molar-refractivity contribution in [2.45, 2.75) is 12.6 Å². The summed E-state index contributed by atoms with van der Waals surface area (Å²) >= 11 is 3.41. The van der Waals surface area contributed by atoms with Crippen LogP contribution >= 0.6 is 15.9 Å². The molecule has 1 heterocycles. The summed E-state index contributed by atoms with van der Waals surface area (Å²) in [6, 6.07) is 18.4. The molecule has 0 saturated carbocycles. The molecule has 2 aromatic carbocycles. The number of rotatable bonds is 7. The van der Waals surface area contributed by atoms with Gasteiger partial charge in [-0.1, -0.05) is 46.3 Å². The highest BCUT2D eigenvalue weighted by Crippen LogP contribution is 2.16. The zero-order chi connectivity index (χ0) is 17.5. The second-order valence-electron chi connectivity index (χ2n) is 6.79. The van der Waals surface area contributed by atoms with Gasteiger partial charge in [0.25, 0.3) is 0 Å². The Kier molecular flexibility index (Phi) is 6.87. The smallest absolute Gasteiger partial charge is 0.137 e. The van der Waals surface area contributed by atoms with Crippen molar-refractivity contribution in [3.8, 4) is 5.75 Å². The van der Waals surface area contributed by atoms with Crippen molar-refractivity contribution in [2.75, 3.05) is 39.3 Å². The lowest BCUT2D eigenvalue weighted by molar-refractivity contribution is -1.02. The van der Waals surface area contributed by atoms with Crippen molar-refractivity contribution in [1.29, 1.82) is 0 Å². The number of hydrogen-bond donors (Lipinski definition) is 3. The van der Waals surface area contributed by atoms with Gasteiger partial charge in [-0.2, -0.15) is 0 Å². The van der Waals surface area contributed by atoms with Crippen LogP contribution in [-0.4, -0.2) is 50.5 Å². The Morgan fingerprint density at radius 3 is 2.24 bits per heavy atom. The summed E-state index contributed by atoms with van der Waals surface area (Å²) in [7, 11) is 0. The van der Waals surface area contributed by atoms with Gasteiger partial charge in [-0.3, -0.25) is 0 Å². The highest BCUT2D eigenvalue weighted by molar-refractivity contribution is 9.10. The van der Waals surface area contributed by atoms with E-state index in [1.54, 1.807) is 4.90 Å². The molecule has 0 unspecified atom stereocenters. The van der Waals surface area contributed by atoms with Crippen LogP contribution in [-0.2, 0) is 6.54 Å². The third-order valence-corrected chi connectivity index (χ3v) is 5.27. The maximum Gasteiger partial charge on any atom is 0.137 e. The van der Waals surface area contributed by atoms with Crippen molar-refractivity contribution < 1.29 is 19.6 Å². The van der Waals surface area contributed by atoms with E-state index in [9.17, 15) is 5.11 Å². The van der Waals surface area contributed by atoms with Gasteiger partial charge in [0, 0.05) is 10.0 Å². The molecule has 3 N–H and O–H groups in total. The maximum absolute atomic E-state index is 10.3. The van der Waals surface area contributed by atoms with Crippen molar-refractivity contribution in [3.63, 3.8) is 0 Å². The lowest BCUT2D eigenvalue weighted by Gasteiger charge is -2.30. The average molecular weight is 407 g/mol. The second-order valence-corrected chi connectivity index (χ2v) is 7.70. The molecule has 2 aromatic rings. The molecule has 1 atom stereocenters. The van der Waals surface area contributed by atoms with Crippen LogP contribution in [0.2, 0.25) is 0 Å². The monoisotopic (exact) mass is 406 g/mol. The molecule has 1 saturated heterocycles. The normalized spacial score (nSPS) is 21.7. The molecule has 0 spiro atoms. The fourth-order valence-electron chi connectivity index (χ4n) is 3.34. The van der Waals surface area contributed by atoms with Crippen LogP contribution in [0.1, 0.15) is 5.56 Å². The first-order valence-electron chi connectivity index (χ1n) is 8.96. The van der Waals surface area contributed by atoms with E-state index in [0.717, 1.165) is 49.5 Å². The molecule has 0 aromatic heterocycles. The summed E-state index contributed by atoms with van der Waals surface area (Å²) in [5, 5.41) is 10.3. The molecule has 0 amide bonds. The van der Waals surface area contributed by atoms with Gasteiger partial charge >= 0.3 is 0 Å². The first-order chi connectivity index (χ1) is 12.2. The van der Waals surface area contributed by atoms with Crippen LogP contribution in [0, 0.1) is 0 Å². The van der Waals surface area contributed by atoms with Crippen molar-refractivity contribution in [1.82, 2.24) is 0 Å². The van der Waals surface area contributed by atoms with Crippen molar-refractivity contribution in [3.05, 3.63) is 64.6 Å². The Balaban J connectivity index is 1.36. The summed E-state index contributed by atoms with van der Waals surface area (Å²) in [5.74, 6) is 0.800. The molecule has 134 valence electrons.